The lowest BCUT2D eigenvalue weighted by atomic mass is 9.85. The summed E-state index contributed by atoms with van der Waals surface area (Å²) in [6, 6.07) is 24.1. The van der Waals surface area contributed by atoms with E-state index in [1.54, 1.807) is 53.6 Å². The molecule has 0 aliphatic carbocycles. The molecule has 0 saturated carbocycles. The Hall–Kier alpha value is -7.17. The Balaban J connectivity index is 0.731. The number of imidazole rings is 1. The van der Waals surface area contributed by atoms with Crippen molar-refractivity contribution in [2.75, 3.05) is 50.5 Å². The number of fused-ring (bicyclic) bond motifs is 2. The quantitative estimate of drug-likeness (QED) is 0.132. The molecule has 4 aromatic heterocycles. The number of halogens is 1. The molecule has 10 rings (SSSR count). The van der Waals surface area contributed by atoms with E-state index in [1.165, 1.54) is 16.2 Å². The summed E-state index contributed by atoms with van der Waals surface area (Å²) in [7, 11) is 7.24. The number of hydrogen-bond acceptors (Lipinski definition) is 9. The molecule has 3 aliphatic heterocycles. The Morgan fingerprint density at radius 3 is 2.21 bits per heavy atom. The summed E-state index contributed by atoms with van der Waals surface area (Å²) >= 11 is 0. The molecule has 16 heteroatoms. The lowest BCUT2D eigenvalue weighted by Crippen LogP contribution is -2.44. The van der Waals surface area contributed by atoms with Gasteiger partial charge in [-0.15, -0.1) is 0 Å². The number of aryl methyl sites for hydroxylation is 3. The number of amides is 3. The van der Waals surface area contributed by atoms with Crippen molar-refractivity contribution >= 4 is 51.2 Å². The van der Waals surface area contributed by atoms with Gasteiger partial charge in [0.05, 0.1) is 16.7 Å². The fourth-order valence-electron chi connectivity index (χ4n) is 11.2. The summed E-state index contributed by atoms with van der Waals surface area (Å²) < 4.78 is 22.9. The summed E-state index contributed by atoms with van der Waals surface area (Å²) in [6.07, 6.45) is 7.55. The predicted molar refractivity (Wildman–Crippen MR) is 269 cm³/mol. The van der Waals surface area contributed by atoms with Crippen molar-refractivity contribution in [3.63, 3.8) is 0 Å². The summed E-state index contributed by atoms with van der Waals surface area (Å²) in [5.41, 5.74) is 9.32. The predicted octanol–water partition coefficient (Wildman–Crippen LogP) is 6.88. The zero-order chi connectivity index (χ0) is 49.0. The Kier molecular flexibility index (Phi) is 12.6. The first-order chi connectivity index (χ1) is 33.8. The van der Waals surface area contributed by atoms with Crippen LogP contribution in [0.4, 0.5) is 15.8 Å². The van der Waals surface area contributed by atoms with E-state index in [-0.39, 0.29) is 41.2 Å². The molecule has 0 radical (unpaired) electrons. The number of nitrogens with one attached hydrogen (secondary N) is 2. The summed E-state index contributed by atoms with van der Waals surface area (Å²) in [4.78, 5) is 75.5. The minimum Gasteiger partial charge on any atom is -0.388 e. The van der Waals surface area contributed by atoms with Crippen molar-refractivity contribution in [3.05, 3.63) is 151 Å². The highest BCUT2D eigenvalue weighted by Crippen LogP contribution is 2.36. The van der Waals surface area contributed by atoms with Gasteiger partial charge in [-0.3, -0.25) is 48.0 Å². The lowest BCUT2D eigenvalue weighted by molar-refractivity contribution is -0.135. The SMILES string of the molecule is CNc1ccn(-c2ccnc3c2cc(CN2CCC(c4c(C)cc(C(=O)N(C)c5ccc(C6CCN(Cc7ccc8c(c7)n(C)c(=O)n8C7CCC(=O)NC7=O)CC6)cc5)cc4F)CC2)n3C)c(=O)c1. The molecule has 1 atom stereocenters. The van der Waals surface area contributed by atoms with Gasteiger partial charge in [0.1, 0.15) is 17.5 Å². The summed E-state index contributed by atoms with van der Waals surface area (Å²) in [5, 5.41) is 6.29. The number of likely N-dealkylation sites (tertiary alicyclic amines) is 2. The fraction of sp³-hybridized carbons (Fsp3) is 0.370. The molecule has 70 heavy (non-hydrogen) atoms. The van der Waals surface area contributed by atoms with Gasteiger partial charge in [-0.2, -0.15) is 0 Å². The van der Waals surface area contributed by atoms with Crippen LogP contribution in [0.15, 0.2) is 101 Å². The molecule has 15 nitrogen and oxygen atoms in total. The third-order valence-electron chi connectivity index (χ3n) is 15.2. The number of nitrogens with zero attached hydrogens (tertiary/aromatic N) is 8. The van der Waals surface area contributed by atoms with E-state index in [0.717, 1.165) is 109 Å². The first-order valence-electron chi connectivity index (χ1n) is 24.3. The number of carbonyl (C=O) groups is 3. The monoisotopic (exact) mass is 946 g/mol. The van der Waals surface area contributed by atoms with Crippen LogP contribution in [-0.2, 0) is 36.8 Å². The fourth-order valence-corrected chi connectivity index (χ4v) is 11.2. The highest BCUT2D eigenvalue weighted by Gasteiger charge is 2.32. The zero-order valence-electron chi connectivity index (χ0n) is 40.4. The highest BCUT2D eigenvalue weighted by molar-refractivity contribution is 6.06. The van der Waals surface area contributed by atoms with Crippen molar-refractivity contribution < 1.29 is 18.8 Å². The van der Waals surface area contributed by atoms with Crippen molar-refractivity contribution in [1.29, 1.82) is 0 Å². The number of carbonyl (C=O) groups excluding carboxylic acids is 3. The minimum atomic E-state index is -0.712. The van der Waals surface area contributed by atoms with E-state index in [9.17, 15) is 24.0 Å². The normalized spacial score (nSPS) is 17.7. The largest absolute Gasteiger partial charge is 0.388 e. The minimum absolute atomic E-state index is 0.0405. The Morgan fingerprint density at radius 2 is 1.53 bits per heavy atom. The average Bonchev–Trinajstić information content (AvgIpc) is 3.81. The van der Waals surface area contributed by atoms with Crippen molar-refractivity contribution in [1.82, 2.24) is 38.4 Å². The molecule has 0 spiro atoms. The molecule has 3 saturated heterocycles. The second-order valence-electron chi connectivity index (χ2n) is 19.4. The Bertz CT molecular complexity index is 3280. The molecule has 362 valence electrons. The van der Waals surface area contributed by atoms with Gasteiger partial charge in [0.15, 0.2) is 0 Å². The number of rotatable bonds is 11. The molecule has 7 heterocycles. The number of anilines is 2. The maximum absolute atomic E-state index is 16.1. The van der Waals surface area contributed by atoms with E-state index < -0.39 is 11.9 Å². The van der Waals surface area contributed by atoms with Gasteiger partial charge in [-0.05, 0) is 154 Å². The maximum Gasteiger partial charge on any atom is 0.329 e. The number of hydrogen-bond donors (Lipinski definition) is 2. The molecule has 3 amide bonds. The van der Waals surface area contributed by atoms with Crippen LogP contribution in [0.25, 0.3) is 27.8 Å². The molecule has 3 aliphatic rings. The van der Waals surface area contributed by atoms with Gasteiger partial charge in [-0.25, -0.2) is 14.2 Å². The number of imide groups is 1. The van der Waals surface area contributed by atoms with Crippen LogP contribution < -0.4 is 26.8 Å². The molecule has 3 aromatic carbocycles. The summed E-state index contributed by atoms with van der Waals surface area (Å²) in [6.45, 7) is 6.74. The van der Waals surface area contributed by atoms with Gasteiger partial charge < -0.3 is 14.8 Å². The Morgan fingerprint density at radius 1 is 0.814 bits per heavy atom. The van der Waals surface area contributed by atoms with E-state index in [2.05, 4.69) is 48.2 Å². The van der Waals surface area contributed by atoms with Gasteiger partial charge in [0.25, 0.3) is 11.5 Å². The molecule has 0 bridgehead atoms. The van der Waals surface area contributed by atoms with Crippen LogP contribution in [0.5, 0.6) is 0 Å². The molecular formula is C54H59FN10O5. The summed E-state index contributed by atoms with van der Waals surface area (Å²) in [5.74, 6) is -0.938. The average molecular weight is 947 g/mol. The van der Waals surface area contributed by atoms with E-state index >= 15 is 4.39 Å². The second-order valence-corrected chi connectivity index (χ2v) is 19.4. The third-order valence-corrected chi connectivity index (χ3v) is 15.2. The van der Waals surface area contributed by atoms with Crippen molar-refractivity contribution in [3.8, 4) is 5.69 Å². The molecule has 7 aromatic rings. The van der Waals surface area contributed by atoms with E-state index in [1.807, 2.05) is 62.5 Å². The van der Waals surface area contributed by atoms with Crippen LogP contribution in [0.2, 0.25) is 0 Å². The van der Waals surface area contributed by atoms with E-state index in [4.69, 9.17) is 0 Å². The molecule has 1 unspecified atom stereocenters. The molecule has 2 N–H and O–H groups in total. The number of pyridine rings is 2. The van der Waals surface area contributed by atoms with Crippen LogP contribution in [-0.4, -0.2) is 91.0 Å². The van der Waals surface area contributed by atoms with Gasteiger partial charge in [0, 0.05) is 94.2 Å². The first-order valence-corrected chi connectivity index (χ1v) is 24.3. The number of aromatic nitrogens is 5. The van der Waals surface area contributed by atoms with Gasteiger partial charge >= 0.3 is 5.69 Å². The number of benzene rings is 3. The second kappa shape index (κ2) is 19.0. The third kappa shape index (κ3) is 8.74. The van der Waals surface area contributed by atoms with Crippen molar-refractivity contribution in [2.45, 2.75) is 76.4 Å². The van der Waals surface area contributed by atoms with Crippen molar-refractivity contribution in [2.24, 2.45) is 14.1 Å². The first kappa shape index (κ1) is 46.6. The molecule has 3 fully saturated rings. The maximum atomic E-state index is 16.1. The smallest absolute Gasteiger partial charge is 0.329 e. The van der Waals surface area contributed by atoms with Crippen LogP contribution >= 0.6 is 0 Å². The topological polar surface area (TPSA) is 152 Å². The van der Waals surface area contributed by atoms with Crippen LogP contribution in [0, 0.1) is 12.7 Å². The number of piperidine rings is 3. The van der Waals surface area contributed by atoms with Crippen LogP contribution in [0.3, 0.4) is 0 Å². The van der Waals surface area contributed by atoms with Gasteiger partial charge in [0.2, 0.25) is 11.8 Å². The molecular weight excluding hydrogens is 888 g/mol. The zero-order valence-corrected chi connectivity index (χ0v) is 40.4. The lowest BCUT2D eigenvalue weighted by Gasteiger charge is -2.33. The van der Waals surface area contributed by atoms with Crippen LogP contribution in [0.1, 0.15) is 94.7 Å². The van der Waals surface area contributed by atoms with Gasteiger partial charge in [-0.1, -0.05) is 18.2 Å². The highest BCUT2D eigenvalue weighted by atomic mass is 19.1. The standard InChI is InChI=1S/C54H59FN10O5/c1-33-26-38(28-43(55)50(33)37-17-23-63(24-18-37)32-41-30-42-44(14-20-57-51(42)59(41)3)64-25-19-39(56-2)29-49(64)67)53(69)60(4)40-9-7-35(8-10-40)36-15-21-62(22-16-36)31-34-6-11-45-47(27-34)61(5)54(70)65(45)46-12-13-48(66)58-52(46)68/h6-11,14,19-20,25-30,36-37,46,56H,12-13,15-18,21-24,31-32H2,1-5H3,(H,58,66,68). The van der Waals surface area contributed by atoms with E-state index in [0.29, 0.717) is 35.5 Å². The Labute approximate surface area is 405 Å².